The molecule has 0 unspecified atom stereocenters. The average Bonchev–Trinajstić information content (AvgIpc) is 2.60. The number of aryl methyl sites for hydroxylation is 1. The van der Waals surface area contributed by atoms with Crippen molar-refractivity contribution in [3.05, 3.63) is 59.7 Å². The molecule has 0 aromatic heterocycles. The standard InChI is InChI=1S/C19H25N3O2S2/c1-3-4-5-15-6-10-17(11-7-15)22-19(25)21-14(2)16-8-12-18(13-9-16)26(20,23)24/h6-14H,3-5H2,1-2H3,(H2,20,23,24)(H2,21,22,25)/t14-/m1/s1. The average molecular weight is 392 g/mol. The zero-order valence-corrected chi connectivity index (χ0v) is 16.7. The van der Waals surface area contributed by atoms with Crippen molar-refractivity contribution in [2.45, 2.75) is 44.0 Å². The number of benzene rings is 2. The molecule has 4 N–H and O–H groups in total. The Morgan fingerprint density at radius 3 is 2.27 bits per heavy atom. The van der Waals surface area contributed by atoms with Crippen molar-refractivity contribution in [3.8, 4) is 0 Å². The summed E-state index contributed by atoms with van der Waals surface area (Å²) in [6.07, 6.45) is 3.46. The number of hydrogen-bond acceptors (Lipinski definition) is 3. The number of nitrogens with one attached hydrogen (secondary N) is 2. The lowest BCUT2D eigenvalue weighted by molar-refractivity contribution is 0.597. The Labute approximate surface area is 161 Å². The number of anilines is 1. The molecule has 0 radical (unpaired) electrons. The Morgan fingerprint density at radius 1 is 1.12 bits per heavy atom. The van der Waals surface area contributed by atoms with Gasteiger partial charge in [0, 0.05) is 5.69 Å². The molecule has 0 aliphatic rings. The Hall–Kier alpha value is -1.96. The third-order valence-electron chi connectivity index (χ3n) is 4.09. The number of nitrogens with two attached hydrogens (primary N) is 1. The van der Waals surface area contributed by atoms with Crippen LogP contribution >= 0.6 is 12.2 Å². The molecule has 0 saturated heterocycles. The SMILES string of the molecule is CCCCc1ccc(NC(=S)N[C@H](C)c2ccc(S(N)(=O)=O)cc2)cc1. The molecule has 5 nitrogen and oxygen atoms in total. The van der Waals surface area contributed by atoms with Crippen molar-refractivity contribution in [1.29, 1.82) is 0 Å². The number of sulfonamides is 1. The van der Waals surface area contributed by atoms with Crippen LogP contribution in [0.15, 0.2) is 53.4 Å². The molecular weight excluding hydrogens is 366 g/mol. The van der Waals surface area contributed by atoms with E-state index in [-0.39, 0.29) is 10.9 Å². The van der Waals surface area contributed by atoms with Gasteiger partial charge in [-0.15, -0.1) is 0 Å². The van der Waals surface area contributed by atoms with Gasteiger partial charge in [-0.05, 0) is 67.4 Å². The summed E-state index contributed by atoms with van der Waals surface area (Å²) in [5.41, 5.74) is 3.16. The van der Waals surface area contributed by atoms with Crippen LogP contribution in [0.5, 0.6) is 0 Å². The summed E-state index contributed by atoms with van der Waals surface area (Å²) in [5.74, 6) is 0. The second-order valence-electron chi connectivity index (χ2n) is 6.23. The minimum Gasteiger partial charge on any atom is -0.356 e. The summed E-state index contributed by atoms with van der Waals surface area (Å²) in [5, 5.41) is 12.0. The monoisotopic (exact) mass is 391 g/mol. The van der Waals surface area contributed by atoms with Crippen LogP contribution in [0.3, 0.4) is 0 Å². The second kappa shape index (κ2) is 9.12. The third-order valence-corrected chi connectivity index (χ3v) is 5.24. The molecule has 0 heterocycles. The summed E-state index contributed by atoms with van der Waals surface area (Å²) in [7, 11) is -3.68. The fraction of sp³-hybridized carbons (Fsp3) is 0.316. The lowest BCUT2D eigenvalue weighted by Crippen LogP contribution is -2.30. The fourth-order valence-corrected chi connectivity index (χ4v) is 3.34. The number of thiocarbonyl (C=S) groups is 1. The first-order valence-electron chi connectivity index (χ1n) is 8.59. The Kier molecular flexibility index (Phi) is 7.14. The first-order valence-corrected chi connectivity index (χ1v) is 10.5. The number of rotatable bonds is 7. The lowest BCUT2D eigenvalue weighted by atomic mass is 10.1. The Bertz CT molecular complexity index is 832. The van der Waals surface area contributed by atoms with E-state index in [9.17, 15) is 8.42 Å². The molecule has 0 amide bonds. The van der Waals surface area contributed by atoms with E-state index in [1.165, 1.54) is 30.5 Å². The smallest absolute Gasteiger partial charge is 0.238 e. The largest absolute Gasteiger partial charge is 0.356 e. The van der Waals surface area contributed by atoms with E-state index in [1.54, 1.807) is 12.1 Å². The highest BCUT2D eigenvalue weighted by molar-refractivity contribution is 7.89. The molecule has 0 saturated carbocycles. The van der Waals surface area contributed by atoms with Crippen molar-refractivity contribution >= 4 is 33.0 Å². The number of unbranched alkanes of at least 4 members (excludes halogenated alkanes) is 1. The van der Waals surface area contributed by atoms with Crippen molar-refractivity contribution in [2.75, 3.05) is 5.32 Å². The van der Waals surface area contributed by atoms with E-state index in [0.29, 0.717) is 5.11 Å². The summed E-state index contributed by atoms with van der Waals surface area (Å²) in [6.45, 7) is 4.14. The van der Waals surface area contributed by atoms with E-state index in [0.717, 1.165) is 17.7 Å². The van der Waals surface area contributed by atoms with Gasteiger partial charge in [-0.3, -0.25) is 0 Å². The van der Waals surface area contributed by atoms with Gasteiger partial charge in [0.2, 0.25) is 10.0 Å². The second-order valence-corrected chi connectivity index (χ2v) is 8.20. The predicted octanol–water partition coefficient (Wildman–Crippen LogP) is 3.72. The minimum atomic E-state index is -3.68. The van der Waals surface area contributed by atoms with E-state index in [4.69, 9.17) is 17.4 Å². The molecular formula is C19H25N3O2S2. The van der Waals surface area contributed by atoms with Crippen molar-refractivity contribution in [1.82, 2.24) is 5.32 Å². The number of hydrogen-bond donors (Lipinski definition) is 3. The van der Waals surface area contributed by atoms with Crippen molar-refractivity contribution in [3.63, 3.8) is 0 Å². The first kappa shape index (κ1) is 20.4. The van der Waals surface area contributed by atoms with Crippen molar-refractivity contribution in [2.24, 2.45) is 5.14 Å². The van der Waals surface area contributed by atoms with Gasteiger partial charge in [-0.2, -0.15) is 0 Å². The Balaban J connectivity index is 1.92. The van der Waals surface area contributed by atoms with Gasteiger partial charge >= 0.3 is 0 Å². The van der Waals surface area contributed by atoms with Crippen molar-refractivity contribution < 1.29 is 8.42 Å². The molecule has 0 spiro atoms. The molecule has 140 valence electrons. The van der Waals surface area contributed by atoms with Gasteiger partial charge in [-0.25, -0.2) is 13.6 Å². The highest BCUT2D eigenvalue weighted by Crippen LogP contribution is 2.16. The Morgan fingerprint density at radius 2 is 1.73 bits per heavy atom. The van der Waals surface area contributed by atoms with E-state index >= 15 is 0 Å². The van der Waals surface area contributed by atoms with Crippen LogP contribution in [-0.4, -0.2) is 13.5 Å². The maximum atomic E-state index is 11.3. The topological polar surface area (TPSA) is 84.2 Å². The molecule has 7 heteroatoms. The van der Waals surface area contributed by atoms with Gasteiger partial charge in [-0.1, -0.05) is 37.6 Å². The van der Waals surface area contributed by atoms with Crippen LogP contribution in [0.1, 0.15) is 43.9 Å². The summed E-state index contributed by atoms with van der Waals surface area (Å²) >= 11 is 5.36. The van der Waals surface area contributed by atoms with Crippen LogP contribution in [0, 0.1) is 0 Å². The zero-order chi connectivity index (χ0) is 19.2. The van der Waals surface area contributed by atoms with Gasteiger partial charge in [0.25, 0.3) is 0 Å². The summed E-state index contributed by atoms with van der Waals surface area (Å²) < 4.78 is 22.6. The van der Waals surface area contributed by atoms with Gasteiger partial charge < -0.3 is 10.6 Å². The summed E-state index contributed by atoms with van der Waals surface area (Å²) in [4.78, 5) is 0.0947. The predicted molar refractivity (Wildman–Crippen MR) is 111 cm³/mol. The van der Waals surface area contributed by atoms with Crippen LogP contribution in [0.2, 0.25) is 0 Å². The summed E-state index contributed by atoms with van der Waals surface area (Å²) in [6, 6.07) is 14.6. The van der Waals surface area contributed by atoms with Gasteiger partial charge in [0.1, 0.15) is 0 Å². The van der Waals surface area contributed by atoms with E-state index < -0.39 is 10.0 Å². The van der Waals surface area contributed by atoms with Crippen LogP contribution < -0.4 is 15.8 Å². The van der Waals surface area contributed by atoms with Gasteiger partial charge in [0.15, 0.2) is 5.11 Å². The zero-order valence-electron chi connectivity index (χ0n) is 15.0. The molecule has 2 aromatic rings. The normalized spacial score (nSPS) is 12.4. The van der Waals surface area contributed by atoms with E-state index in [2.05, 4.69) is 29.7 Å². The minimum absolute atomic E-state index is 0.0756. The van der Waals surface area contributed by atoms with Crippen LogP contribution in [0.25, 0.3) is 0 Å². The number of primary sulfonamides is 1. The molecule has 2 aromatic carbocycles. The maximum absolute atomic E-state index is 11.3. The highest BCUT2D eigenvalue weighted by Gasteiger charge is 2.11. The molecule has 1 atom stereocenters. The lowest BCUT2D eigenvalue weighted by Gasteiger charge is -2.18. The molecule has 0 bridgehead atoms. The fourth-order valence-electron chi connectivity index (χ4n) is 2.53. The van der Waals surface area contributed by atoms with Crippen LogP contribution in [-0.2, 0) is 16.4 Å². The molecule has 2 rings (SSSR count). The van der Waals surface area contributed by atoms with Crippen LogP contribution in [0.4, 0.5) is 5.69 Å². The molecule has 26 heavy (non-hydrogen) atoms. The van der Waals surface area contributed by atoms with E-state index in [1.807, 2.05) is 19.1 Å². The first-order chi connectivity index (χ1) is 12.3. The highest BCUT2D eigenvalue weighted by atomic mass is 32.2. The maximum Gasteiger partial charge on any atom is 0.238 e. The van der Waals surface area contributed by atoms with Gasteiger partial charge in [0.05, 0.1) is 10.9 Å². The quantitative estimate of drug-likeness (QED) is 0.627. The molecule has 0 aliphatic heterocycles. The molecule has 0 fully saturated rings. The third kappa shape index (κ3) is 6.09. The molecule has 0 aliphatic carbocycles.